The van der Waals surface area contributed by atoms with E-state index in [9.17, 15) is 4.79 Å². The summed E-state index contributed by atoms with van der Waals surface area (Å²) in [6.45, 7) is -0.242. The zero-order valence-electron chi connectivity index (χ0n) is 15.1. The summed E-state index contributed by atoms with van der Waals surface area (Å²) in [7, 11) is 0. The lowest BCUT2D eigenvalue weighted by molar-refractivity contribution is -0.118. The fraction of sp³-hybridized carbons (Fsp3) is 0.0500. The minimum Gasteiger partial charge on any atom is -0.482 e. The van der Waals surface area contributed by atoms with E-state index < -0.39 is 5.91 Å². The van der Waals surface area contributed by atoms with Crippen LogP contribution in [0.1, 0.15) is 0 Å². The highest BCUT2D eigenvalue weighted by molar-refractivity contribution is 7.18. The van der Waals surface area contributed by atoms with Gasteiger partial charge in [-0.1, -0.05) is 58.3 Å². The Bertz CT molecular complexity index is 1210. The van der Waals surface area contributed by atoms with E-state index in [2.05, 4.69) is 15.5 Å². The molecular formula is C20H12Cl3N3O3S. The molecule has 0 saturated heterocycles. The number of benzene rings is 2. The Kier molecular flexibility index (Phi) is 6.24. The van der Waals surface area contributed by atoms with Crippen LogP contribution >= 0.6 is 46.1 Å². The Morgan fingerprint density at radius 3 is 2.60 bits per heavy atom. The van der Waals surface area contributed by atoms with Gasteiger partial charge >= 0.3 is 0 Å². The summed E-state index contributed by atoms with van der Waals surface area (Å²) < 4.78 is 11.2. The number of carbonyl (C=O) groups is 1. The van der Waals surface area contributed by atoms with Gasteiger partial charge in [0.2, 0.25) is 5.13 Å². The molecule has 0 aliphatic carbocycles. The van der Waals surface area contributed by atoms with E-state index >= 15 is 0 Å². The predicted octanol–water partition coefficient (Wildman–Crippen LogP) is 6.44. The third-order valence-corrected chi connectivity index (χ3v) is 5.59. The van der Waals surface area contributed by atoms with Crippen molar-refractivity contribution in [3.05, 3.63) is 69.7 Å². The molecule has 152 valence electrons. The van der Waals surface area contributed by atoms with Gasteiger partial charge in [0, 0.05) is 10.6 Å². The smallest absolute Gasteiger partial charge is 0.264 e. The van der Waals surface area contributed by atoms with Crippen LogP contribution in [0.15, 0.2) is 59.0 Å². The highest BCUT2D eigenvalue weighted by atomic mass is 35.5. The number of carbonyl (C=O) groups excluding carboxylic acids is 1. The third-order valence-electron chi connectivity index (χ3n) is 3.88. The SMILES string of the molecule is O=C(COc1ccc(Cl)cc1Cl)Nc1nnc(-c2ccc(-c3ccccc3Cl)o2)s1. The molecule has 0 radical (unpaired) electrons. The van der Waals surface area contributed by atoms with Crippen LogP contribution in [0.3, 0.4) is 0 Å². The van der Waals surface area contributed by atoms with Crippen LogP contribution in [0.2, 0.25) is 15.1 Å². The summed E-state index contributed by atoms with van der Waals surface area (Å²) in [4.78, 5) is 12.1. The maximum absolute atomic E-state index is 12.1. The van der Waals surface area contributed by atoms with Gasteiger partial charge in [-0.2, -0.15) is 0 Å². The van der Waals surface area contributed by atoms with E-state index in [0.29, 0.717) is 42.5 Å². The maximum atomic E-state index is 12.1. The number of rotatable bonds is 6. The van der Waals surface area contributed by atoms with Crippen LogP contribution in [0, 0.1) is 0 Å². The lowest BCUT2D eigenvalue weighted by Crippen LogP contribution is -2.20. The zero-order chi connectivity index (χ0) is 21.1. The summed E-state index contributed by atoms with van der Waals surface area (Å²) in [5.74, 6) is 1.09. The minimum absolute atomic E-state index is 0.242. The molecule has 30 heavy (non-hydrogen) atoms. The summed E-state index contributed by atoms with van der Waals surface area (Å²) in [6.07, 6.45) is 0. The first-order valence-corrected chi connectivity index (χ1v) is 10.5. The summed E-state index contributed by atoms with van der Waals surface area (Å²) in [5, 5.41) is 12.9. The number of halogens is 3. The Hall–Kier alpha value is -2.58. The van der Waals surface area contributed by atoms with Crippen LogP contribution in [0.4, 0.5) is 5.13 Å². The number of amides is 1. The van der Waals surface area contributed by atoms with Gasteiger partial charge in [-0.25, -0.2) is 0 Å². The fourth-order valence-corrected chi connectivity index (χ4v) is 3.94. The van der Waals surface area contributed by atoms with Gasteiger partial charge in [0.25, 0.3) is 5.91 Å². The van der Waals surface area contributed by atoms with E-state index in [0.717, 1.165) is 5.56 Å². The number of nitrogens with zero attached hydrogens (tertiary/aromatic N) is 2. The van der Waals surface area contributed by atoms with Crippen LogP contribution in [0.25, 0.3) is 22.1 Å². The molecule has 4 aromatic rings. The average Bonchev–Trinajstić information content (AvgIpc) is 3.37. The molecule has 0 bridgehead atoms. The molecule has 0 fully saturated rings. The van der Waals surface area contributed by atoms with E-state index in [1.165, 1.54) is 17.4 Å². The zero-order valence-corrected chi connectivity index (χ0v) is 18.1. The molecule has 0 saturated carbocycles. The van der Waals surface area contributed by atoms with Gasteiger partial charge in [0.05, 0.1) is 10.0 Å². The number of aromatic nitrogens is 2. The average molecular weight is 481 g/mol. The number of ether oxygens (including phenoxy) is 1. The second kappa shape index (κ2) is 9.06. The van der Waals surface area contributed by atoms with Crippen molar-refractivity contribution < 1.29 is 13.9 Å². The van der Waals surface area contributed by atoms with E-state index in [1.54, 1.807) is 30.3 Å². The number of nitrogens with one attached hydrogen (secondary N) is 1. The van der Waals surface area contributed by atoms with Crippen LogP contribution in [-0.4, -0.2) is 22.7 Å². The molecule has 0 spiro atoms. The number of hydrogen-bond donors (Lipinski definition) is 1. The van der Waals surface area contributed by atoms with Crippen molar-refractivity contribution in [2.75, 3.05) is 11.9 Å². The number of anilines is 1. The minimum atomic E-state index is -0.403. The predicted molar refractivity (Wildman–Crippen MR) is 119 cm³/mol. The summed E-state index contributed by atoms with van der Waals surface area (Å²) in [6, 6.07) is 15.7. The highest BCUT2D eigenvalue weighted by Gasteiger charge is 2.15. The molecular weight excluding hydrogens is 469 g/mol. The number of hydrogen-bond acceptors (Lipinski definition) is 6. The Balaban J connectivity index is 1.39. The summed E-state index contributed by atoms with van der Waals surface area (Å²) in [5.41, 5.74) is 0.779. The van der Waals surface area contributed by atoms with Crippen LogP contribution < -0.4 is 10.1 Å². The van der Waals surface area contributed by atoms with Gasteiger partial charge in [0.15, 0.2) is 17.4 Å². The first-order valence-electron chi connectivity index (χ1n) is 8.56. The van der Waals surface area contributed by atoms with Gasteiger partial charge in [-0.05, 0) is 42.5 Å². The molecule has 2 heterocycles. The van der Waals surface area contributed by atoms with Crippen LogP contribution in [0.5, 0.6) is 5.75 Å². The first kappa shape index (κ1) is 20.7. The molecule has 0 unspecified atom stereocenters. The van der Waals surface area contributed by atoms with E-state index in [1.807, 2.05) is 18.2 Å². The van der Waals surface area contributed by atoms with Crippen molar-refractivity contribution in [3.63, 3.8) is 0 Å². The largest absolute Gasteiger partial charge is 0.482 e. The van der Waals surface area contributed by atoms with Crippen molar-refractivity contribution in [1.29, 1.82) is 0 Å². The first-order chi connectivity index (χ1) is 14.5. The molecule has 4 rings (SSSR count). The second-order valence-electron chi connectivity index (χ2n) is 5.97. The fourth-order valence-electron chi connectivity index (χ4n) is 2.52. The maximum Gasteiger partial charge on any atom is 0.264 e. The van der Waals surface area contributed by atoms with Gasteiger partial charge in [-0.15, -0.1) is 10.2 Å². The Morgan fingerprint density at radius 2 is 1.80 bits per heavy atom. The second-order valence-corrected chi connectivity index (χ2v) is 8.20. The molecule has 2 aromatic carbocycles. The molecule has 10 heteroatoms. The summed E-state index contributed by atoms with van der Waals surface area (Å²) >= 11 is 19.2. The third kappa shape index (κ3) is 4.76. The quantitative estimate of drug-likeness (QED) is 0.343. The lowest BCUT2D eigenvalue weighted by Gasteiger charge is -2.07. The molecule has 0 aliphatic rings. The monoisotopic (exact) mass is 479 g/mol. The molecule has 0 aliphatic heterocycles. The van der Waals surface area contributed by atoms with Gasteiger partial charge in [-0.3, -0.25) is 10.1 Å². The molecule has 1 N–H and O–H groups in total. The van der Waals surface area contributed by atoms with Crippen molar-refractivity contribution in [1.82, 2.24) is 10.2 Å². The topological polar surface area (TPSA) is 77.2 Å². The molecule has 6 nitrogen and oxygen atoms in total. The molecule has 2 aromatic heterocycles. The van der Waals surface area contributed by atoms with Gasteiger partial charge < -0.3 is 9.15 Å². The van der Waals surface area contributed by atoms with Gasteiger partial charge in [0.1, 0.15) is 11.5 Å². The van der Waals surface area contributed by atoms with Crippen molar-refractivity contribution in [2.45, 2.75) is 0 Å². The molecule has 1 amide bonds. The van der Waals surface area contributed by atoms with Crippen molar-refractivity contribution in [3.8, 4) is 27.8 Å². The van der Waals surface area contributed by atoms with Crippen LogP contribution in [-0.2, 0) is 4.79 Å². The lowest BCUT2D eigenvalue weighted by atomic mass is 10.2. The normalized spacial score (nSPS) is 10.8. The van der Waals surface area contributed by atoms with E-state index in [4.69, 9.17) is 44.0 Å². The Morgan fingerprint density at radius 1 is 1.00 bits per heavy atom. The van der Waals surface area contributed by atoms with E-state index in [-0.39, 0.29) is 6.61 Å². The van der Waals surface area contributed by atoms with Crippen molar-refractivity contribution in [2.24, 2.45) is 0 Å². The highest BCUT2D eigenvalue weighted by Crippen LogP contribution is 2.34. The standard InChI is InChI=1S/C20H12Cl3N3O3S/c21-11-5-6-16(14(23)9-11)28-10-18(27)24-20-26-25-19(30-20)17-8-7-15(29-17)12-3-1-2-4-13(12)22/h1-9H,10H2,(H,24,26,27). The Labute approximate surface area is 190 Å². The molecule has 0 atom stereocenters. The van der Waals surface area contributed by atoms with Crippen molar-refractivity contribution >= 4 is 57.2 Å². The number of furan rings is 1.